The molecule has 0 heterocycles. The number of ether oxygens (including phenoxy) is 1. The monoisotopic (exact) mass is 348 g/mol. The number of benzene rings is 1. The number of esters is 1. The first kappa shape index (κ1) is 21.2. The Kier molecular flexibility index (Phi) is 8.14. The van der Waals surface area contributed by atoms with Crippen molar-refractivity contribution in [2.45, 2.75) is 78.2 Å². The van der Waals surface area contributed by atoms with Crippen molar-refractivity contribution in [3.05, 3.63) is 35.4 Å². The number of hydrogen-bond donors (Lipinski definition) is 1. The van der Waals surface area contributed by atoms with Crippen LogP contribution >= 0.6 is 0 Å². The number of hydrogen-bond acceptors (Lipinski definition) is 3. The van der Waals surface area contributed by atoms with Gasteiger partial charge in [0.2, 0.25) is 0 Å². The number of carboxylic acids is 1. The van der Waals surface area contributed by atoms with E-state index in [0.717, 1.165) is 5.56 Å². The number of aliphatic carboxylic acids is 1. The normalized spacial score (nSPS) is 14.0. The molecular formula is C21H32O4. The third-order valence-electron chi connectivity index (χ3n) is 4.48. The number of carbonyl (C=O) groups is 2. The van der Waals surface area contributed by atoms with Crippen LogP contribution in [0.1, 0.15) is 71.4 Å². The van der Waals surface area contributed by atoms with Gasteiger partial charge in [-0.15, -0.1) is 0 Å². The minimum Gasteiger partial charge on any atom is -0.481 e. The lowest BCUT2D eigenvalue weighted by atomic mass is 9.86. The lowest BCUT2D eigenvalue weighted by Gasteiger charge is -2.24. The first-order valence-corrected chi connectivity index (χ1v) is 9.20. The van der Waals surface area contributed by atoms with E-state index in [0.29, 0.717) is 32.1 Å². The van der Waals surface area contributed by atoms with Crippen LogP contribution in [-0.4, -0.2) is 23.1 Å². The lowest BCUT2D eigenvalue weighted by Crippen LogP contribution is -2.32. The maximum atomic E-state index is 11.8. The highest BCUT2D eigenvalue weighted by molar-refractivity contribution is 5.73. The molecule has 0 aromatic heterocycles. The van der Waals surface area contributed by atoms with Gasteiger partial charge >= 0.3 is 11.9 Å². The second-order valence-electron chi connectivity index (χ2n) is 7.62. The lowest BCUT2D eigenvalue weighted by molar-refractivity contribution is -0.159. The van der Waals surface area contributed by atoms with Crippen LogP contribution in [0.25, 0.3) is 0 Å². The van der Waals surface area contributed by atoms with Crippen molar-refractivity contribution in [2.75, 3.05) is 0 Å². The van der Waals surface area contributed by atoms with E-state index in [9.17, 15) is 14.7 Å². The highest BCUT2D eigenvalue weighted by atomic mass is 16.5. The minimum absolute atomic E-state index is 0.105. The summed E-state index contributed by atoms with van der Waals surface area (Å²) in [4.78, 5) is 23.3. The largest absolute Gasteiger partial charge is 0.481 e. The third kappa shape index (κ3) is 6.89. The van der Waals surface area contributed by atoms with Gasteiger partial charge in [0, 0.05) is 6.42 Å². The number of rotatable bonds is 9. The van der Waals surface area contributed by atoms with E-state index in [2.05, 4.69) is 45.0 Å². The Morgan fingerprint density at radius 1 is 1.12 bits per heavy atom. The predicted octanol–water partition coefficient (Wildman–Crippen LogP) is 4.74. The summed E-state index contributed by atoms with van der Waals surface area (Å²) in [6.07, 6.45) is 2.11. The topological polar surface area (TPSA) is 63.6 Å². The number of aryl methyl sites for hydroxylation is 1. The summed E-state index contributed by atoms with van der Waals surface area (Å²) in [5, 5.41) is 9.42. The molecule has 1 aromatic rings. The van der Waals surface area contributed by atoms with Crippen LogP contribution in [0.4, 0.5) is 0 Å². The second kappa shape index (κ2) is 9.59. The molecule has 1 N–H and O–H groups in total. The standard InChI is InChI=1S/C21H32O4/c1-6-8-19(22)25-18(17(7-2)20(23)24)14-11-15-9-12-16(13-10-15)21(3,4)5/h9-10,12-13,17-18H,6-8,11,14H2,1-5H3,(H,23,24). The Morgan fingerprint density at radius 3 is 2.16 bits per heavy atom. The Hall–Kier alpha value is -1.84. The van der Waals surface area contributed by atoms with Gasteiger partial charge in [0.15, 0.2) is 0 Å². The van der Waals surface area contributed by atoms with Crippen LogP contribution < -0.4 is 0 Å². The molecule has 0 saturated carbocycles. The van der Waals surface area contributed by atoms with E-state index in [-0.39, 0.29) is 11.4 Å². The number of carboxylic acid groups (broad SMARTS) is 1. The molecule has 2 unspecified atom stereocenters. The molecule has 25 heavy (non-hydrogen) atoms. The Bertz CT molecular complexity index is 554. The number of carbonyl (C=O) groups excluding carboxylic acids is 1. The van der Waals surface area contributed by atoms with Crippen LogP contribution in [0.15, 0.2) is 24.3 Å². The molecular weight excluding hydrogens is 316 g/mol. The van der Waals surface area contributed by atoms with Gasteiger partial charge in [-0.2, -0.15) is 0 Å². The molecule has 1 rings (SSSR count). The molecule has 1 aromatic carbocycles. The summed E-state index contributed by atoms with van der Waals surface area (Å²) in [6, 6.07) is 8.38. The molecule has 0 bridgehead atoms. The first-order chi connectivity index (χ1) is 11.7. The maximum Gasteiger partial charge on any atom is 0.310 e. The smallest absolute Gasteiger partial charge is 0.310 e. The van der Waals surface area contributed by atoms with Gasteiger partial charge in [-0.05, 0) is 42.2 Å². The zero-order valence-corrected chi connectivity index (χ0v) is 16.2. The van der Waals surface area contributed by atoms with Crippen LogP contribution in [0.5, 0.6) is 0 Å². The highest BCUT2D eigenvalue weighted by Crippen LogP contribution is 2.24. The molecule has 0 spiro atoms. The average Bonchev–Trinajstić information content (AvgIpc) is 2.52. The minimum atomic E-state index is -0.903. The van der Waals surface area contributed by atoms with Crippen LogP contribution in [-0.2, 0) is 26.2 Å². The molecule has 140 valence electrons. The van der Waals surface area contributed by atoms with Gasteiger partial charge in [0.05, 0.1) is 5.92 Å². The Balaban J connectivity index is 2.80. The summed E-state index contributed by atoms with van der Waals surface area (Å²) in [5.41, 5.74) is 2.50. The molecule has 0 fully saturated rings. The van der Waals surface area contributed by atoms with Crippen molar-refractivity contribution < 1.29 is 19.4 Å². The molecule has 4 heteroatoms. The van der Waals surface area contributed by atoms with Crippen LogP contribution in [0, 0.1) is 5.92 Å². The third-order valence-corrected chi connectivity index (χ3v) is 4.48. The Labute approximate surface area is 151 Å². The Morgan fingerprint density at radius 2 is 1.72 bits per heavy atom. The fourth-order valence-electron chi connectivity index (χ4n) is 2.85. The van der Waals surface area contributed by atoms with Crippen LogP contribution in [0.3, 0.4) is 0 Å². The predicted molar refractivity (Wildman–Crippen MR) is 99.7 cm³/mol. The summed E-state index contributed by atoms with van der Waals surface area (Å²) >= 11 is 0. The summed E-state index contributed by atoms with van der Waals surface area (Å²) in [7, 11) is 0. The second-order valence-corrected chi connectivity index (χ2v) is 7.62. The zero-order valence-electron chi connectivity index (χ0n) is 16.2. The molecule has 2 atom stereocenters. The van der Waals surface area contributed by atoms with Gasteiger partial charge in [-0.25, -0.2) is 0 Å². The summed E-state index contributed by atoms with van der Waals surface area (Å²) in [6.45, 7) is 10.2. The summed E-state index contributed by atoms with van der Waals surface area (Å²) in [5.74, 6) is -1.87. The quantitative estimate of drug-likeness (QED) is 0.655. The van der Waals surface area contributed by atoms with E-state index in [1.807, 2.05) is 13.8 Å². The van der Waals surface area contributed by atoms with E-state index >= 15 is 0 Å². The molecule has 0 aliphatic carbocycles. The van der Waals surface area contributed by atoms with Crippen molar-refractivity contribution in [1.29, 1.82) is 0 Å². The first-order valence-electron chi connectivity index (χ1n) is 9.20. The van der Waals surface area contributed by atoms with Gasteiger partial charge in [-0.3, -0.25) is 9.59 Å². The van der Waals surface area contributed by atoms with Gasteiger partial charge in [0.25, 0.3) is 0 Å². The molecule has 0 radical (unpaired) electrons. The molecule has 0 saturated heterocycles. The van der Waals surface area contributed by atoms with Gasteiger partial charge in [-0.1, -0.05) is 58.9 Å². The van der Waals surface area contributed by atoms with Gasteiger partial charge < -0.3 is 9.84 Å². The average molecular weight is 348 g/mol. The van der Waals surface area contributed by atoms with E-state index in [1.165, 1.54) is 5.56 Å². The SMILES string of the molecule is CCCC(=O)OC(CCc1ccc(C(C)(C)C)cc1)C(CC)C(=O)O. The molecule has 0 aliphatic rings. The zero-order chi connectivity index (χ0) is 19.0. The molecule has 4 nitrogen and oxygen atoms in total. The van der Waals surface area contributed by atoms with Gasteiger partial charge in [0.1, 0.15) is 6.10 Å². The maximum absolute atomic E-state index is 11.8. The molecule has 0 aliphatic heterocycles. The van der Waals surface area contributed by atoms with Crippen molar-refractivity contribution in [3.63, 3.8) is 0 Å². The van der Waals surface area contributed by atoms with Crippen molar-refractivity contribution in [2.24, 2.45) is 5.92 Å². The fourth-order valence-corrected chi connectivity index (χ4v) is 2.85. The van der Waals surface area contributed by atoms with Crippen molar-refractivity contribution >= 4 is 11.9 Å². The van der Waals surface area contributed by atoms with Crippen molar-refractivity contribution in [1.82, 2.24) is 0 Å². The summed E-state index contributed by atoms with van der Waals surface area (Å²) < 4.78 is 5.49. The van der Waals surface area contributed by atoms with Crippen LogP contribution in [0.2, 0.25) is 0 Å². The van der Waals surface area contributed by atoms with Crippen molar-refractivity contribution in [3.8, 4) is 0 Å². The fraction of sp³-hybridized carbons (Fsp3) is 0.619. The van der Waals surface area contributed by atoms with E-state index in [4.69, 9.17) is 4.74 Å². The highest BCUT2D eigenvalue weighted by Gasteiger charge is 2.29. The van der Waals surface area contributed by atoms with E-state index in [1.54, 1.807) is 0 Å². The van der Waals surface area contributed by atoms with E-state index < -0.39 is 18.0 Å². The molecule has 0 amide bonds.